The van der Waals surface area contributed by atoms with Crippen LogP contribution in [0.5, 0.6) is 0 Å². The van der Waals surface area contributed by atoms with Gasteiger partial charge in [0.1, 0.15) is 12.1 Å². The normalized spacial score (nSPS) is 29.1. The highest BCUT2D eigenvalue weighted by molar-refractivity contribution is 6.30. The third kappa shape index (κ3) is 3.82. The lowest BCUT2D eigenvalue weighted by Gasteiger charge is -2.37. The number of halogens is 1. The van der Waals surface area contributed by atoms with Gasteiger partial charge >= 0.3 is 6.03 Å². The van der Waals surface area contributed by atoms with Crippen molar-refractivity contribution in [1.29, 1.82) is 0 Å². The van der Waals surface area contributed by atoms with Crippen LogP contribution in [0, 0.1) is 5.92 Å². The Morgan fingerprint density at radius 1 is 1.10 bits per heavy atom. The topological polar surface area (TPSA) is 69.7 Å². The number of carbonyl (C=O) groups excluding carboxylic acids is 3. The highest BCUT2D eigenvalue weighted by Gasteiger charge is 2.52. The van der Waals surface area contributed by atoms with Crippen molar-refractivity contribution in [3.05, 3.63) is 34.9 Å². The van der Waals surface area contributed by atoms with Crippen molar-refractivity contribution < 1.29 is 14.4 Å². The zero-order valence-corrected chi connectivity index (χ0v) is 18.5. The minimum Gasteiger partial charge on any atom is -0.335 e. The predicted molar refractivity (Wildman–Crippen MR) is 115 cm³/mol. The van der Waals surface area contributed by atoms with Gasteiger partial charge in [-0.25, -0.2) is 4.79 Å². The predicted octanol–water partition coefficient (Wildman–Crippen LogP) is 4.07. The summed E-state index contributed by atoms with van der Waals surface area (Å²) in [6.45, 7) is 3.92. The average Bonchev–Trinajstić information content (AvgIpc) is 3.53. The first-order valence-corrected chi connectivity index (χ1v) is 11.4. The molecule has 30 heavy (non-hydrogen) atoms. The maximum Gasteiger partial charge on any atom is 0.325 e. The summed E-state index contributed by atoms with van der Waals surface area (Å²) in [5.74, 6) is 0.232. The second-order valence-electron chi connectivity index (χ2n) is 9.03. The van der Waals surface area contributed by atoms with Gasteiger partial charge in [-0.05, 0) is 68.6 Å². The zero-order valence-electron chi connectivity index (χ0n) is 17.7. The Hall–Kier alpha value is -2.08. The van der Waals surface area contributed by atoms with Crippen LogP contribution >= 0.6 is 11.6 Å². The van der Waals surface area contributed by atoms with Gasteiger partial charge in [0.2, 0.25) is 5.91 Å². The van der Waals surface area contributed by atoms with Crippen molar-refractivity contribution in [3.8, 4) is 0 Å². The largest absolute Gasteiger partial charge is 0.335 e. The molecule has 0 bridgehead atoms. The van der Waals surface area contributed by atoms with E-state index in [2.05, 4.69) is 12.2 Å². The van der Waals surface area contributed by atoms with Crippen molar-refractivity contribution in [3.63, 3.8) is 0 Å². The molecule has 1 atom stereocenters. The number of amides is 4. The molecule has 2 saturated carbocycles. The Morgan fingerprint density at radius 2 is 1.67 bits per heavy atom. The van der Waals surface area contributed by atoms with Gasteiger partial charge in [0.25, 0.3) is 5.91 Å². The molecule has 2 aliphatic carbocycles. The van der Waals surface area contributed by atoms with Crippen LogP contribution in [0.1, 0.15) is 64.4 Å². The molecule has 0 spiro atoms. The Balaban J connectivity index is 1.52. The SMILES string of the molecule is CCC1(c2ccc(Cl)cc2)NC(=O)N(CC(=O)N(C2CCC(C)CC2)C2CC2)C1=O. The molecule has 4 amide bonds. The summed E-state index contributed by atoms with van der Waals surface area (Å²) in [7, 11) is 0. The van der Waals surface area contributed by atoms with E-state index in [1.807, 2.05) is 11.8 Å². The molecule has 0 aromatic heterocycles. The van der Waals surface area contributed by atoms with Gasteiger partial charge in [-0.3, -0.25) is 14.5 Å². The van der Waals surface area contributed by atoms with Gasteiger partial charge in [0.05, 0.1) is 0 Å². The van der Waals surface area contributed by atoms with Crippen LogP contribution in [0.2, 0.25) is 5.02 Å². The summed E-state index contributed by atoms with van der Waals surface area (Å²) in [5, 5.41) is 3.42. The molecule has 1 unspecified atom stereocenters. The third-order valence-corrected chi connectivity index (χ3v) is 7.20. The third-order valence-electron chi connectivity index (χ3n) is 6.94. The number of urea groups is 1. The monoisotopic (exact) mass is 431 g/mol. The van der Waals surface area contributed by atoms with E-state index in [1.165, 1.54) is 0 Å². The minimum absolute atomic E-state index is 0.108. The van der Waals surface area contributed by atoms with Crippen LogP contribution in [0.25, 0.3) is 0 Å². The number of nitrogens with one attached hydrogen (secondary N) is 1. The maximum atomic E-state index is 13.4. The second kappa shape index (κ2) is 8.22. The molecule has 3 aliphatic rings. The molecule has 7 heteroatoms. The quantitative estimate of drug-likeness (QED) is 0.690. The molecular weight excluding hydrogens is 402 g/mol. The lowest BCUT2D eigenvalue weighted by molar-refractivity contribution is -0.141. The van der Waals surface area contributed by atoms with E-state index in [4.69, 9.17) is 11.6 Å². The number of benzene rings is 1. The first kappa shape index (κ1) is 21.2. The van der Waals surface area contributed by atoms with Crippen LogP contribution in [0.15, 0.2) is 24.3 Å². The van der Waals surface area contributed by atoms with Gasteiger partial charge in [-0.1, -0.05) is 37.6 Å². The smallest absolute Gasteiger partial charge is 0.325 e. The van der Waals surface area contributed by atoms with Crippen LogP contribution < -0.4 is 5.32 Å². The molecule has 1 aromatic carbocycles. The number of carbonyl (C=O) groups is 3. The molecule has 162 valence electrons. The minimum atomic E-state index is -1.15. The summed E-state index contributed by atoms with van der Waals surface area (Å²) >= 11 is 5.99. The van der Waals surface area contributed by atoms with Crippen molar-refractivity contribution in [2.75, 3.05) is 6.54 Å². The summed E-state index contributed by atoms with van der Waals surface area (Å²) in [4.78, 5) is 42.5. The van der Waals surface area contributed by atoms with Crippen LogP contribution in [-0.4, -0.2) is 46.3 Å². The standard InChI is InChI=1S/C23H30ClN3O3/c1-3-23(16-6-8-17(24)9-7-16)21(29)26(22(30)25-23)14-20(28)27(19-12-13-19)18-10-4-15(2)5-11-18/h6-9,15,18-19H,3-5,10-14H2,1-2H3,(H,25,30). The first-order valence-electron chi connectivity index (χ1n) is 11.1. The van der Waals surface area contributed by atoms with Crippen molar-refractivity contribution in [2.45, 2.75) is 76.4 Å². The van der Waals surface area contributed by atoms with Crippen LogP contribution in [0.4, 0.5) is 4.79 Å². The van der Waals surface area contributed by atoms with E-state index in [-0.39, 0.29) is 30.4 Å². The number of imide groups is 1. The molecule has 4 rings (SSSR count). The fraction of sp³-hybridized carbons (Fsp3) is 0.609. The molecule has 1 heterocycles. The average molecular weight is 432 g/mol. The van der Waals surface area contributed by atoms with E-state index in [0.717, 1.165) is 43.4 Å². The van der Waals surface area contributed by atoms with Crippen LogP contribution in [-0.2, 0) is 15.1 Å². The fourth-order valence-corrected chi connectivity index (χ4v) is 5.07. The summed E-state index contributed by atoms with van der Waals surface area (Å²) in [6.07, 6.45) is 6.69. The Labute approximate surface area is 182 Å². The van der Waals surface area contributed by atoms with Gasteiger partial charge in [0.15, 0.2) is 0 Å². The van der Waals surface area contributed by atoms with E-state index in [1.54, 1.807) is 24.3 Å². The number of rotatable bonds is 6. The lowest BCUT2D eigenvalue weighted by Crippen LogP contribution is -2.49. The Kier molecular flexibility index (Phi) is 5.80. The highest BCUT2D eigenvalue weighted by Crippen LogP contribution is 2.37. The first-order chi connectivity index (χ1) is 14.4. The molecule has 6 nitrogen and oxygen atoms in total. The molecule has 1 saturated heterocycles. The van der Waals surface area contributed by atoms with Crippen LogP contribution in [0.3, 0.4) is 0 Å². The number of hydrogen-bond acceptors (Lipinski definition) is 3. The van der Waals surface area contributed by atoms with E-state index in [9.17, 15) is 14.4 Å². The molecule has 3 fully saturated rings. The molecular formula is C23H30ClN3O3. The van der Waals surface area contributed by atoms with Gasteiger partial charge in [0, 0.05) is 17.1 Å². The molecule has 1 aliphatic heterocycles. The molecule has 0 radical (unpaired) electrons. The van der Waals surface area contributed by atoms with E-state index in [0.29, 0.717) is 22.9 Å². The Morgan fingerprint density at radius 3 is 2.20 bits per heavy atom. The van der Waals surface area contributed by atoms with Crippen molar-refractivity contribution in [1.82, 2.24) is 15.1 Å². The molecule has 1 N–H and O–H groups in total. The van der Waals surface area contributed by atoms with E-state index < -0.39 is 11.6 Å². The van der Waals surface area contributed by atoms with E-state index >= 15 is 0 Å². The van der Waals surface area contributed by atoms with Gasteiger partial charge in [-0.2, -0.15) is 0 Å². The summed E-state index contributed by atoms with van der Waals surface area (Å²) < 4.78 is 0. The van der Waals surface area contributed by atoms with Gasteiger partial charge < -0.3 is 10.2 Å². The van der Waals surface area contributed by atoms with Gasteiger partial charge in [-0.15, -0.1) is 0 Å². The zero-order chi connectivity index (χ0) is 21.5. The number of hydrogen-bond donors (Lipinski definition) is 1. The fourth-order valence-electron chi connectivity index (χ4n) is 4.94. The lowest BCUT2D eigenvalue weighted by atomic mass is 9.86. The molecule has 1 aromatic rings. The second-order valence-corrected chi connectivity index (χ2v) is 9.47. The maximum absolute atomic E-state index is 13.4. The summed E-state index contributed by atoms with van der Waals surface area (Å²) in [6, 6.07) is 6.93. The van der Waals surface area contributed by atoms with Crippen molar-refractivity contribution in [2.24, 2.45) is 5.92 Å². The highest BCUT2D eigenvalue weighted by atomic mass is 35.5. The number of nitrogens with zero attached hydrogens (tertiary/aromatic N) is 2. The van der Waals surface area contributed by atoms with Crippen molar-refractivity contribution >= 4 is 29.4 Å². The summed E-state index contributed by atoms with van der Waals surface area (Å²) in [5.41, 5.74) is -0.463. The Bertz CT molecular complexity index is 831.